The van der Waals surface area contributed by atoms with E-state index in [4.69, 9.17) is 17.3 Å². The lowest BCUT2D eigenvalue weighted by molar-refractivity contribution is 0.0952. The highest BCUT2D eigenvalue weighted by molar-refractivity contribution is 9.10. The first-order chi connectivity index (χ1) is 7.00. The predicted molar refractivity (Wildman–Crippen MR) is 65.1 cm³/mol. The SMILES string of the molecule is CC(N)CNC(=O)c1ccc(Br)cc1Cl. The minimum Gasteiger partial charge on any atom is -0.350 e. The molecule has 1 amide bonds. The predicted octanol–water partition coefficient (Wildman–Crippen LogP) is 2.18. The minimum absolute atomic E-state index is 0.0665. The standard InChI is InChI=1S/C10H12BrClN2O/c1-6(13)5-14-10(15)8-3-2-7(11)4-9(8)12/h2-4,6H,5,13H2,1H3,(H,14,15). The summed E-state index contributed by atoms with van der Waals surface area (Å²) >= 11 is 9.19. The number of nitrogens with one attached hydrogen (secondary N) is 1. The van der Waals surface area contributed by atoms with E-state index in [2.05, 4.69) is 21.2 Å². The molecular weight excluding hydrogens is 279 g/mol. The van der Waals surface area contributed by atoms with Gasteiger partial charge in [-0.15, -0.1) is 0 Å². The Morgan fingerprint density at radius 3 is 2.87 bits per heavy atom. The van der Waals surface area contributed by atoms with Crippen molar-refractivity contribution in [2.24, 2.45) is 5.73 Å². The van der Waals surface area contributed by atoms with Crippen molar-refractivity contribution in [3.8, 4) is 0 Å². The Bertz CT molecular complexity index is 368. The average molecular weight is 292 g/mol. The van der Waals surface area contributed by atoms with Gasteiger partial charge in [0.05, 0.1) is 10.6 Å². The van der Waals surface area contributed by atoms with Gasteiger partial charge in [0.1, 0.15) is 0 Å². The molecule has 1 rings (SSSR count). The molecule has 15 heavy (non-hydrogen) atoms. The Kier molecular flexibility index (Phi) is 4.57. The summed E-state index contributed by atoms with van der Waals surface area (Å²) in [4.78, 5) is 11.6. The number of benzene rings is 1. The lowest BCUT2D eigenvalue weighted by Crippen LogP contribution is -2.35. The van der Waals surface area contributed by atoms with Gasteiger partial charge in [0.25, 0.3) is 5.91 Å². The second-order valence-corrected chi connectivity index (χ2v) is 4.63. The van der Waals surface area contributed by atoms with E-state index in [1.54, 1.807) is 18.2 Å². The van der Waals surface area contributed by atoms with Crippen LogP contribution in [0.2, 0.25) is 5.02 Å². The lowest BCUT2D eigenvalue weighted by Gasteiger charge is -2.08. The number of halogens is 2. The molecule has 0 fully saturated rings. The van der Waals surface area contributed by atoms with E-state index in [0.29, 0.717) is 17.1 Å². The van der Waals surface area contributed by atoms with Crippen molar-refractivity contribution >= 4 is 33.4 Å². The largest absolute Gasteiger partial charge is 0.350 e. The first-order valence-electron chi connectivity index (χ1n) is 4.49. The van der Waals surface area contributed by atoms with Crippen LogP contribution in [0.3, 0.4) is 0 Å². The van der Waals surface area contributed by atoms with Gasteiger partial charge in [0.2, 0.25) is 0 Å². The summed E-state index contributed by atoms with van der Waals surface area (Å²) in [5, 5.41) is 3.12. The van der Waals surface area contributed by atoms with Crippen molar-refractivity contribution in [2.45, 2.75) is 13.0 Å². The van der Waals surface area contributed by atoms with Crippen LogP contribution in [0, 0.1) is 0 Å². The van der Waals surface area contributed by atoms with Crippen molar-refractivity contribution in [3.63, 3.8) is 0 Å². The van der Waals surface area contributed by atoms with Gasteiger partial charge in [-0.25, -0.2) is 0 Å². The Morgan fingerprint density at radius 1 is 1.67 bits per heavy atom. The molecule has 0 aromatic heterocycles. The molecule has 0 aliphatic carbocycles. The first kappa shape index (κ1) is 12.5. The van der Waals surface area contributed by atoms with Gasteiger partial charge < -0.3 is 11.1 Å². The number of amides is 1. The highest BCUT2D eigenvalue weighted by Crippen LogP contribution is 2.21. The molecule has 0 bridgehead atoms. The van der Waals surface area contributed by atoms with Gasteiger partial charge in [-0.3, -0.25) is 4.79 Å². The van der Waals surface area contributed by atoms with Crippen LogP contribution in [0.1, 0.15) is 17.3 Å². The van der Waals surface area contributed by atoms with Crippen molar-refractivity contribution in [2.75, 3.05) is 6.54 Å². The topological polar surface area (TPSA) is 55.1 Å². The summed E-state index contributed by atoms with van der Waals surface area (Å²) in [7, 11) is 0. The summed E-state index contributed by atoms with van der Waals surface area (Å²) in [6.07, 6.45) is 0. The average Bonchev–Trinajstić information content (AvgIpc) is 2.14. The Balaban J connectivity index is 2.74. The molecule has 0 saturated carbocycles. The highest BCUT2D eigenvalue weighted by Gasteiger charge is 2.10. The third-order valence-corrected chi connectivity index (χ3v) is 2.57. The number of nitrogens with two attached hydrogens (primary N) is 1. The smallest absolute Gasteiger partial charge is 0.252 e. The molecule has 3 N–H and O–H groups in total. The van der Waals surface area contributed by atoms with Gasteiger partial charge >= 0.3 is 0 Å². The third kappa shape index (κ3) is 3.81. The van der Waals surface area contributed by atoms with Gasteiger partial charge in [0, 0.05) is 17.1 Å². The molecule has 1 atom stereocenters. The minimum atomic E-state index is -0.204. The Morgan fingerprint density at radius 2 is 2.33 bits per heavy atom. The summed E-state index contributed by atoms with van der Waals surface area (Å²) < 4.78 is 0.844. The second kappa shape index (κ2) is 5.49. The molecule has 0 aliphatic rings. The number of hydrogen-bond donors (Lipinski definition) is 2. The molecule has 0 aliphatic heterocycles. The van der Waals surface area contributed by atoms with E-state index in [1.807, 2.05) is 6.92 Å². The fourth-order valence-corrected chi connectivity index (χ4v) is 1.78. The third-order valence-electron chi connectivity index (χ3n) is 1.76. The van der Waals surface area contributed by atoms with E-state index in [0.717, 1.165) is 4.47 Å². The lowest BCUT2D eigenvalue weighted by atomic mass is 10.2. The molecule has 0 saturated heterocycles. The van der Waals surface area contributed by atoms with Gasteiger partial charge in [-0.1, -0.05) is 27.5 Å². The quantitative estimate of drug-likeness (QED) is 0.897. The van der Waals surface area contributed by atoms with Crippen LogP contribution >= 0.6 is 27.5 Å². The molecule has 0 heterocycles. The molecule has 0 radical (unpaired) electrons. The maximum absolute atomic E-state index is 11.6. The summed E-state index contributed by atoms with van der Waals surface area (Å²) in [5.41, 5.74) is 5.98. The zero-order valence-electron chi connectivity index (χ0n) is 8.26. The monoisotopic (exact) mass is 290 g/mol. The van der Waals surface area contributed by atoms with Crippen molar-refractivity contribution in [1.29, 1.82) is 0 Å². The Hall–Kier alpha value is -0.580. The van der Waals surface area contributed by atoms with Crippen molar-refractivity contribution < 1.29 is 4.79 Å². The molecule has 82 valence electrons. The molecular formula is C10H12BrClN2O. The molecule has 1 unspecified atom stereocenters. The van der Waals surface area contributed by atoms with E-state index in [-0.39, 0.29) is 11.9 Å². The zero-order valence-corrected chi connectivity index (χ0v) is 10.6. The maximum Gasteiger partial charge on any atom is 0.252 e. The highest BCUT2D eigenvalue weighted by atomic mass is 79.9. The van der Waals surface area contributed by atoms with Crippen LogP contribution < -0.4 is 11.1 Å². The second-order valence-electron chi connectivity index (χ2n) is 3.31. The molecule has 1 aromatic rings. The molecule has 3 nitrogen and oxygen atoms in total. The van der Waals surface area contributed by atoms with Crippen molar-refractivity contribution in [1.82, 2.24) is 5.32 Å². The van der Waals surface area contributed by atoms with E-state index in [1.165, 1.54) is 0 Å². The number of carbonyl (C=O) groups excluding carboxylic acids is 1. The van der Waals surface area contributed by atoms with Gasteiger partial charge in [-0.2, -0.15) is 0 Å². The van der Waals surface area contributed by atoms with Gasteiger partial charge in [0.15, 0.2) is 0 Å². The van der Waals surface area contributed by atoms with Crippen LogP contribution in [0.4, 0.5) is 0 Å². The van der Waals surface area contributed by atoms with Crippen LogP contribution in [0.5, 0.6) is 0 Å². The fraction of sp³-hybridized carbons (Fsp3) is 0.300. The van der Waals surface area contributed by atoms with Crippen LogP contribution in [-0.4, -0.2) is 18.5 Å². The maximum atomic E-state index is 11.6. The summed E-state index contributed by atoms with van der Waals surface area (Å²) in [6.45, 7) is 2.26. The number of rotatable bonds is 3. The number of carbonyl (C=O) groups is 1. The van der Waals surface area contributed by atoms with Crippen LogP contribution in [0.25, 0.3) is 0 Å². The van der Waals surface area contributed by atoms with Gasteiger partial charge in [-0.05, 0) is 25.1 Å². The molecule has 1 aromatic carbocycles. The van der Waals surface area contributed by atoms with Crippen molar-refractivity contribution in [3.05, 3.63) is 33.3 Å². The normalized spacial score (nSPS) is 12.3. The molecule has 5 heteroatoms. The van der Waals surface area contributed by atoms with E-state index >= 15 is 0 Å². The van der Waals surface area contributed by atoms with Crippen LogP contribution in [0.15, 0.2) is 22.7 Å². The molecule has 0 spiro atoms. The van der Waals surface area contributed by atoms with E-state index in [9.17, 15) is 4.79 Å². The number of hydrogen-bond acceptors (Lipinski definition) is 2. The van der Waals surface area contributed by atoms with E-state index < -0.39 is 0 Å². The van der Waals surface area contributed by atoms with Crippen LogP contribution in [-0.2, 0) is 0 Å². The summed E-state index contributed by atoms with van der Waals surface area (Å²) in [5.74, 6) is -0.204. The zero-order chi connectivity index (χ0) is 11.4. The fourth-order valence-electron chi connectivity index (χ4n) is 1.02. The first-order valence-corrected chi connectivity index (χ1v) is 5.66. The summed E-state index contributed by atoms with van der Waals surface area (Å²) in [6, 6.07) is 5.06. The Labute approximate surface area is 102 Å².